The highest BCUT2D eigenvalue weighted by Gasteiger charge is 2.41. The maximum Gasteiger partial charge on any atom is 0.305 e. The molecule has 0 bridgehead atoms. The van der Waals surface area contributed by atoms with E-state index >= 15 is 0 Å². The number of ether oxygens (including phenoxy) is 7. The molecule has 0 aliphatic heterocycles. The Labute approximate surface area is 470 Å². The SMILES string of the molecule is CCCCCCCCC(=O)OCC(COCC(COC(=O)CCCCCCCC)(COC(=O)CCCCCCCC)COC(=O)CCCCCCCC)(COC(=O)CCCCCCCC)COC(=O)CCCCCCCC. The van der Waals surface area contributed by atoms with E-state index in [1.54, 1.807) is 0 Å². The maximum absolute atomic E-state index is 13.4. The summed E-state index contributed by atoms with van der Waals surface area (Å²) in [6.07, 6.45) is 37.1. The molecule has 0 rings (SSSR count). The Morgan fingerprint density at radius 1 is 0.208 bits per heavy atom. The third-order valence-electron chi connectivity index (χ3n) is 14.5. The van der Waals surface area contributed by atoms with E-state index in [2.05, 4.69) is 41.5 Å². The van der Waals surface area contributed by atoms with Crippen LogP contribution in [0.3, 0.4) is 0 Å². The minimum absolute atomic E-state index is 0.208. The van der Waals surface area contributed by atoms with Crippen molar-refractivity contribution < 1.29 is 61.9 Å². The number of rotatable bonds is 58. The van der Waals surface area contributed by atoms with E-state index in [-0.39, 0.29) is 91.4 Å². The second-order valence-electron chi connectivity index (χ2n) is 22.6. The second-order valence-corrected chi connectivity index (χ2v) is 22.6. The molecule has 0 aromatic carbocycles. The zero-order valence-corrected chi connectivity index (χ0v) is 50.7. The third kappa shape index (κ3) is 46.3. The molecule has 0 radical (unpaired) electrons. The van der Waals surface area contributed by atoms with Crippen LogP contribution in [0.4, 0.5) is 0 Å². The molecule has 0 atom stereocenters. The molecule has 0 N–H and O–H groups in total. The van der Waals surface area contributed by atoms with E-state index in [1.807, 2.05) is 0 Å². The predicted molar refractivity (Wildman–Crippen MR) is 309 cm³/mol. The van der Waals surface area contributed by atoms with Gasteiger partial charge in [0.15, 0.2) is 0 Å². The summed E-state index contributed by atoms with van der Waals surface area (Å²) in [5.41, 5.74) is -2.68. The van der Waals surface area contributed by atoms with Gasteiger partial charge in [-0.25, -0.2) is 0 Å². The average Bonchev–Trinajstić information content (AvgIpc) is 3.42. The van der Waals surface area contributed by atoms with E-state index in [0.29, 0.717) is 38.5 Å². The van der Waals surface area contributed by atoms with Crippen molar-refractivity contribution in [2.75, 3.05) is 52.9 Å². The minimum atomic E-state index is -1.34. The van der Waals surface area contributed by atoms with Crippen LogP contribution in [0.5, 0.6) is 0 Å². The summed E-state index contributed by atoms with van der Waals surface area (Å²) in [6, 6.07) is 0. The lowest BCUT2D eigenvalue weighted by Crippen LogP contribution is -2.47. The Balaban J connectivity index is 7.00. The number of hydrogen-bond acceptors (Lipinski definition) is 13. The molecule has 0 aromatic heterocycles. The predicted octanol–water partition coefficient (Wildman–Crippen LogP) is 16.7. The van der Waals surface area contributed by atoms with Crippen LogP contribution in [0.25, 0.3) is 0 Å². The number of hydrogen-bond donors (Lipinski definition) is 0. The molecule has 13 heteroatoms. The van der Waals surface area contributed by atoms with E-state index in [1.165, 1.54) is 0 Å². The van der Waals surface area contributed by atoms with Crippen molar-refractivity contribution in [3.05, 3.63) is 0 Å². The van der Waals surface area contributed by atoms with Gasteiger partial charge in [-0.15, -0.1) is 0 Å². The first-order valence-corrected chi connectivity index (χ1v) is 32.0. The quantitative estimate of drug-likeness (QED) is 0.0321. The maximum atomic E-state index is 13.4. The molecule has 77 heavy (non-hydrogen) atoms. The topological polar surface area (TPSA) is 167 Å². The summed E-state index contributed by atoms with van der Waals surface area (Å²) in [5, 5.41) is 0. The van der Waals surface area contributed by atoms with E-state index in [9.17, 15) is 28.8 Å². The van der Waals surface area contributed by atoms with Gasteiger partial charge in [0, 0.05) is 38.5 Å². The molecule has 452 valence electrons. The van der Waals surface area contributed by atoms with Crippen LogP contribution in [-0.2, 0) is 61.9 Å². The van der Waals surface area contributed by atoms with Crippen LogP contribution >= 0.6 is 0 Å². The Morgan fingerprint density at radius 3 is 0.506 bits per heavy atom. The number of carbonyl (C=O) groups excluding carboxylic acids is 6. The summed E-state index contributed by atoms with van der Waals surface area (Å²) < 4.78 is 42.5. The van der Waals surface area contributed by atoms with Crippen LogP contribution in [0.1, 0.15) is 311 Å². The fraction of sp³-hybridized carbons (Fsp3) is 0.906. The Morgan fingerprint density at radius 2 is 0.351 bits per heavy atom. The zero-order chi connectivity index (χ0) is 56.8. The highest BCUT2D eigenvalue weighted by molar-refractivity contribution is 5.71. The smallest absolute Gasteiger partial charge is 0.305 e. The summed E-state index contributed by atoms with van der Waals surface area (Å²) in [5.74, 6) is -2.48. The lowest BCUT2D eigenvalue weighted by Gasteiger charge is -2.35. The highest BCUT2D eigenvalue weighted by atomic mass is 16.6. The summed E-state index contributed by atoms with van der Waals surface area (Å²) >= 11 is 0. The Kier molecular flexibility index (Phi) is 51.2. The Hall–Kier alpha value is -3.22. The molecular formula is C64H118O13. The Bertz CT molecular complexity index is 1170. The van der Waals surface area contributed by atoms with E-state index in [4.69, 9.17) is 33.2 Å². The van der Waals surface area contributed by atoms with Crippen LogP contribution in [-0.4, -0.2) is 88.7 Å². The average molecular weight is 1100 g/mol. The van der Waals surface area contributed by atoms with Crippen molar-refractivity contribution in [2.45, 2.75) is 311 Å². The molecule has 0 saturated heterocycles. The van der Waals surface area contributed by atoms with Gasteiger partial charge in [-0.2, -0.15) is 0 Å². The van der Waals surface area contributed by atoms with Gasteiger partial charge >= 0.3 is 35.8 Å². The summed E-state index contributed by atoms with van der Waals surface area (Å²) in [6.45, 7) is 10.9. The van der Waals surface area contributed by atoms with Gasteiger partial charge in [-0.05, 0) is 38.5 Å². The third-order valence-corrected chi connectivity index (χ3v) is 14.5. The highest BCUT2D eigenvalue weighted by Crippen LogP contribution is 2.28. The number of carbonyl (C=O) groups is 6. The van der Waals surface area contributed by atoms with Crippen LogP contribution in [0.15, 0.2) is 0 Å². The van der Waals surface area contributed by atoms with E-state index in [0.717, 1.165) is 193 Å². The first-order valence-electron chi connectivity index (χ1n) is 32.0. The van der Waals surface area contributed by atoms with Gasteiger partial charge < -0.3 is 33.2 Å². The first kappa shape index (κ1) is 73.8. The zero-order valence-electron chi connectivity index (χ0n) is 50.7. The second kappa shape index (κ2) is 53.4. The molecule has 0 aliphatic rings. The lowest BCUT2D eigenvalue weighted by atomic mass is 9.90. The summed E-state index contributed by atoms with van der Waals surface area (Å²) in [4.78, 5) is 80.6. The largest absolute Gasteiger partial charge is 0.465 e. The van der Waals surface area contributed by atoms with Crippen molar-refractivity contribution in [1.29, 1.82) is 0 Å². The molecule has 0 aliphatic carbocycles. The van der Waals surface area contributed by atoms with Crippen molar-refractivity contribution in [2.24, 2.45) is 10.8 Å². The molecule has 0 unspecified atom stereocenters. The van der Waals surface area contributed by atoms with Crippen molar-refractivity contribution in [3.63, 3.8) is 0 Å². The van der Waals surface area contributed by atoms with Crippen molar-refractivity contribution in [1.82, 2.24) is 0 Å². The van der Waals surface area contributed by atoms with Gasteiger partial charge in [-0.1, -0.05) is 234 Å². The molecule has 0 heterocycles. The first-order chi connectivity index (χ1) is 37.4. The van der Waals surface area contributed by atoms with Gasteiger partial charge in [0.25, 0.3) is 0 Å². The lowest BCUT2D eigenvalue weighted by molar-refractivity contribution is -0.175. The molecular weight excluding hydrogens is 977 g/mol. The van der Waals surface area contributed by atoms with Crippen LogP contribution in [0.2, 0.25) is 0 Å². The molecule has 13 nitrogen and oxygen atoms in total. The van der Waals surface area contributed by atoms with Crippen molar-refractivity contribution >= 4 is 35.8 Å². The molecule has 0 spiro atoms. The molecule has 0 saturated carbocycles. The number of unbranched alkanes of at least 4 members (excludes halogenated alkanes) is 30. The monoisotopic (exact) mass is 1090 g/mol. The van der Waals surface area contributed by atoms with Gasteiger partial charge in [0.1, 0.15) is 39.6 Å². The van der Waals surface area contributed by atoms with Crippen molar-refractivity contribution in [3.8, 4) is 0 Å². The molecule has 0 fully saturated rings. The normalized spacial score (nSPS) is 11.6. The molecule has 0 aromatic rings. The van der Waals surface area contributed by atoms with Gasteiger partial charge in [0.2, 0.25) is 0 Å². The minimum Gasteiger partial charge on any atom is -0.465 e. The summed E-state index contributed by atoms with van der Waals surface area (Å²) in [7, 11) is 0. The number of esters is 6. The standard InChI is InChI=1S/C64H118O13/c1-7-13-19-25-31-37-43-57(65)72-51-63(52-73-58(66)44-38-32-26-20-14-8-2,53-74-59(67)45-39-33-27-21-15-9-3)49-71-50-64(54-75-60(68)46-40-34-28-22-16-10-4,55-76-61(69)47-41-35-29-23-17-11-5)56-77-62(70)48-42-36-30-24-18-12-6/h7-56H2,1-6H3. The van der Waals surface area contributed by atoms with Crippen LogP contribution < -0.4 is 0 Å². The van der Waals surface area contributed by atoms with Crippen LogP contribution in [0, 0.1) is 10.8 Å². The van der Waals surface area contributed by atoms with E-state index < -0.39 is 46.6 Å². The fourth-order valence-corrected chi connectivity index (χ4v) is 9.12. The molecule has 0 amide bonds. The fourth-order valence-electron chi connectivity index (χ4n) is 9.12. The van der Waals surface area contributed by atoms with Gasteiger partial charge in [0.05, 0.1) is 24.0 Å². The van der Waals surface area contributed by atoms with Gasteiger partial charge in [-0.3, -0.25) is 28.8 Å².